The van der Waals surface area contributed by atoms with Gasteiger partial charge in [-0.2, -0.15) is 0 Å². The van der Waals surface area contributed by atoms with Gasteiger partial charge in [-0.05, 0) is 80.4 Å². The Morgan fingerprint density at radius 2 is 1.53 bits per heavy atom. The lowest BCUT2D eigenvalue weighted by molar-refractivity contribution is -0.274. The van der Waals surface area contributed by atoms with E-state index in [4.69, 9.17) is 0 Å². The van der Waals surface area contributed by atoms with E-state index in [0.717, 1.165) is 33.1 Å². The van der Waals surface area contributed by atoms with Gasteiger partial charge in [0.05, 0.1) is 10.6 Å². The number of alkyl halides is 3. The first-order valence-electron chi connectivity index (χ1n) is 10.2. The van der Waals surface area contributed by atoms with Crippen LogP contribution in [-0.4, -0.2) is 27.2 Å². The van der Waals surface area contributed by atoms with E-state index < -0.39 is 34.6 Å². The topological polar surface area (TPSA) is 75.7 Å². The number of hydrogen-bond donors (Lipinski definition) is 1. The van der Waals surface area contributed by atoms with E-state index in [2.05, 4.69) is 10.1 Å². The summed E-state index contributed by atoms with van der Waals surface area (Å²) >= 11 is 0. The minimum Gasteiger partial charge on any atom is -0.406 e. The molecule has 6 nitrogen and oxygen atoms in total. The molecule has 0 unspecified atom stereocenters. The molecule has 1 N–H and O–H groups in total. The molecule has 3 rings (SSSR count). The van der Waals surface area contributed by atoms with Crippen molar-refractivity contribution in [3.05, 3.63) is 83.4 Å². The van der Waals surface area contributed by atoms with Crippen molar-refractivity contribution < 1.29 is 31.1 Å². The van der Waals surface area contributed by atoms with Gasteiger partial charge in [-0.15, -0.1) is 13.2 Å². The van der Waals surface area contributed by atoms with Crippen LogP contribution >= 0.6 is 0 Å². The molecule has 0 fully saturated rings. The lowest BCUT2D eigenvalue weighted by Crippen LogP contribution is -2.38. The monoisotopic (exact) mass is 492 g/mol. The van der Waals surface area contributed by atoms with Crippen LogP contribution in [0, 0.1) is 20.8 Å². The Balaban J connectivity index is 1.87. The number of benzene rings is 3. The van der Waals surface area contributed by atoms with Crippen LogP contribution in [0.4, 0.5) is 24.5 Å². The van der Waals surface area contributed by atoms with E-state index in [1.807, 2.05) is 20.8 Å². The Kier molecular flexibility index (Phi) is 7.21. The molecule has 10 heteroatoms. The summed E-state index contributed by atoms with van der Waals surface area (Å²) in [6.07, 6.45) is -4.83. The maximum absolute atomic E-state index is 13.4. The molecule has 34 heavy (non-hydrogen) atoms. The highest BCUT2D eigenvalue weighted by Gasteiger charge is 2.31. The second kappa shape index (κ2) is 9.76. The van der Waals surface area contributed by atoms with Crippen LogP contribution in [0.3, 0.4) is 0 Å². The van der Waals surface area contributed by atoms with Gasteiger partial charge in [0.1, 0.15) is 12.3 Å². The Hall–Kier alpha value is -3.53. The molecule has 0 heterocycles. The average molecular weight is 493 g/mol. The number of anilines is 2. The van der Waals surface area contributed by atoms with E-state index >= 15 is 0 Å². The number of hydrogen-bond acceptors (Lipinski definition) is 4. The van der Waals surface area contributed by atoms with Crippen molar-refractivity contribution in [2.24, 2.45) is 0 Å². The van der Waals surface area contributed by atoms with Gasteiger partial charge in [-0.3, -0.25) is 9.10 Å². The summed E-state index contributed by atoms with van der Waals surface area (Å²) in [5, 5.41) is 2.51. The summed E-state index contributed by atoms with van der Waals surface area (Å²) in [4.78, 5) is 12.8. The van der Waals surface area contributed by atoms with Crippen LogP contribution < -0.4 is 14.4 Å². The molecule has 180 valence electrons. The third-order valence-corrected chi connectivity index (χ3v) is 6.83. The van der Waals surface area contributed by atoms with Gasteiger partial charge in [0, 0.05) is 5.69 Å². The van der Waals surface area contributed by atoms with Gasteiger partial charge < -0.3 is 10.1 Å². The number of amides is 1. The second-order valence-corrected chi connectivity index (χ2v) is 9.58. The zero-order chi connectivity index (χ0) is 25.1. The highest BCUT2D eigenvalue weighted by atomic mass is 32.2. The summed E-state index contributed by atoms with van der Waals surface area (Å²) in [5.41, 5.74) is 3.19. The van der Waals surface area contributed by atoms with Crippen molar-refractivity contribution >= 4 is 27.3 Å². The fourth-order valence-corrected chi connectivity index (χ4v) is 4.52. The molecular formula is C24H23F3N2O4S. The largest absolute Gasteiger partial charge is 0.573 e. The minimum absolute atomic E-state index is 0.0257. The smallest absolute Gasteiger partial charge is 0.406 e. The third-order valence-electron chi connectivity index (χ3n) is 5.05. The molecule has 0 radical (unpaired) electrons. The van der Waals surface area contributed by atoms with Crippen LogP contribution in [0.2, 0.25) is 0 Å². The van der Waals surface area contributed by atoms with Crippen LogP contribution in [0.5, 0.6) is 5.75 Å². The van der Waals surface area contributed by atoms with E-state index in [0.29, 0.717) is 5.69 Å². The van der Waals surface area contributed by atoms with Gasteiger partial charge in [-0.25, -0.2) is 8.42 Å². The lowest BCUT2D eigenvalue weighted by atomic mass is 10.1. The number of ether oxygens (including phenoxy) is 1. The zero-order valence-electron chi connectivity index (χ0n) is 18.7. The van der Waals surface area contributed by atoms with Gasteiger partial charge in [0.2, 0.25) is 5.91 Å². The number of nitrogens with one attached hydrogen (secondary N) is 1. The van der Waals surface area contributed by atoms with Gasteiger partial charge >= 0.3 is 6.36 Å². The fourth-order valence-electron chi connectivity index (χ4n) is 3.10. The van der Waals surface area contributed by atoms with Gasteiger partial charge in [-0.1, -0.05) is 23.8 Å². The highest BCUT2D eigenvalue weighted by molar-refractivity contribution is 7.92. The fraction of sp³-hybridized carbons (Fsp3) is 0.208. The molecule has 0 saturated carbocycles. The maximum Gasteiger partial charge on any atom is 0.573 e. The summed E-state index contributed by atoms with van der Waals surface area (Å²) in [5.74, 6) is -1.11. The lowest BCUT2D eigenvalue weighted by Gasteiger charge is -2.25. The van der Waals surface area contributed by atoms with Crippen molar-refractivity contribution in [3.63, 3.8) is 0 Å². The van der Waals surface area contributed by atoms with Crippen LogP contribution in [-0.2, 0) is 14.8 Å². The quantitative estimate of drug-likeness (QED) is 0.483. The zero-order valence-corrected chi connectivity index (χ0v) is 19.5. The number of aryl methyl sites for hydroxylation is 3. The van der Waals surface area contributed by atoms with Crippen molar-refractivity contribution in [1.82, 2.24) is 0 Å². The summed E-state index contributed by atoms with van der Waals surface area (Å²) < 4.78 is 68.7. The number of carbonyl (C=O) groups is 1. The Morgan fingerprint density at radius 1 is 0.912 bits per heavy atom. The Bertz CT molecular complexity index is 1270. The molecule has 0 aliphatic rings. The van der Waals surface area contributed by atoms with E-state index in [-0.39, 0.29) is 10.6 Å². The van der Waals surface area contributed by atoms with Gasteiger partial charge in [0.15, 0.2) is 0 Å². The number of nitrogens with zero attached hydrogens (tertiary/aromatic N) is 1. The average Bonchev–Trinajstić information content (AvgIpc) is 2.75. The highest BCUT2D eigenvalue weighted by Crippen LogP contribution is 2.27. The van der Waals surface area contributed by atoms with Crippen LogP contribution in [0.15, 0.2) is 71.6 Å². The Labute approximate surface area is 196 Å². The minimum atomic E-state index is -4.83. The number of halogens is 3. The van der Waals surface area contributed by atoms with E-state index in [1.165, 1.54) is 24.3 Å². The molecule has 0 aliphatic carbocycles. The van der Waals surface area contributed by atoms with Crippen molar-refractivity contribution in [2.45, 2.75) is 32.0 Å². The van der Waals surface area contributed by atoms with Crippen molar-refractivity contribution in [2.75, 3.05) is 16.2 Å². The number of sulfonamides is 1. The first kappa shape index (κ1) is 25.1. The molecule has 0 aliphatic heterocycles. The third kappa shape index (κ3) is 6.28. The van der Waals surface area contributed by atoms with Crippen molar-refractivity contribution in [1.29, 1.82) is 0 Å². The van der Waals surface area contributed by atoms with Crippen LogP contribution in [0.25, 0.3) is 0 Å². The second-order valence-electron chi connectivity index (χ2n) is 7.71. The molecule has 0 aromatic heterocycles. The normalized spacial score (nSPS) is 11.7. The summed E-state index contributed by atoms with van der Waals surface area (Å²) in [7, 11) is -4.09. The van der Waals surface area contributed by atoms with E-state index in [9.17, 15) is 26.4 Å². The SMILES string of the molecule is Cc1ccc(S(=O)(=O)N(CC(=O)Nc2ccc(OC(F)(F)F)cc2)c2ccc(C)c(C)c2)cc1. The molecule has 3 aromatic carbocycles. The van der Waals surface area contributed by atoms with E-state index in [1.54, 1.807) is 30.3 Å². The molecule has 0 bridgehead atoms. The summed E-state index contributed by atoms with van der Waals surface area (Å²) in [6, 6.07) is 15.9. The number of carbonyl (C=O) groups excluding carboxylic acids is 1. The molecule has 0 saturated heterocycles. The molecular weight excluding hydrogens is 469 g/mol. The predicted molar refractivity (Wildman–Crippen MR) is 123 cm³/mol. The van der Waals surface area contributed by atoms with Gasteiger partial charge in [0.25, 0.3) is 10.0 Å². The Morgan fingerprint density at radius 3 is 2.09 bits per heavy atom. The summed E-state index contributed by atoms with van der Waals surface area (Å²) in [6.45, 7) is 5.01. The number of rotatable bonds is 7. The molecule has 1 amide bonds. The molecule has 3 aromatic rings. The first-order valence-corrected chi connectivity index (χ1v) is 11.6. The predicted octanol–water partition coefficient (Wildman–Crippen LogP) is 5.34. The molecule has 0 spiro atoms. The first-order chi connectivity index (χ1) is 15.8. The maximum atomic E-state index is 13.4. The molecule has 0 atom stereocenters. The van der Waals surface area contributed by atoms with Crippen molar-refractivity contribution in [3.8, 4) is 5.75 Å². The van der Waals surface area contributed by atoms with Crippen LogP contribution in [0.1, 0.15) is 16.7 Å². The standard InChI is InChI=1S/C24H23F3N2O4S/c1-16-4-12-22(13-5-16)34(31,32)29(20-9-6-17(2)18(3)14-20)15-23(30)28-19-7-10-21(11-8-19)33-24(25,26)27/h4-14H,15H2,1-3H3,(H,28,30).